The minimum atomic E-state index is -0.521. The first-order valence-corrected chi connectivity index (χ1v) is 15.2. The summed E-state index contributed by atoms with van der Waals surface area (Å²) in [7, 11) is 0. The number of carbonyl (C=O) groups excluding carboxylic acids is 3. The molecule has 4 heterocycles. The molecule has 0 bridgehead atoms. The Labute approximate surface area is 256 Å². The Morgan fingerprint density at radius 2 is 1.77 bits per heavy atom. The molecule has 3 aliphatic rings. The number of amides is 3. The fourth-order valence-corrected chi connectivity index (χ4v) is 6.80. The molecular formula is C32H38ClN5O5. The van der Waals surface area contributed by atoms with E-state index in [-0.39, 0.29) is 47.6 Å². The van der Waals surface area contributed by atoms with E-state index in [4.69, 9.17) is 21.1 Å². The Bertz CT molecular complexity index is 1590. The van der Waals surface area contributed by atoms with Gasteiger partial charge in [-0.2, -0.15) is 5.10 Å². The third-order valence-corrected chi connectivity index (χ3v) is 9.14. The number of imide groups is 1. The number of piperidine rings is 2. The second-order valence-corrected chi connectivity index (χ2v) is 14.1. The van der Waals surface area contributed by atoms with Crippen LogP contribution in [0.25, 0.3) is 16.8 Å². The highest BCUT2D eigenvalue weighted by atomic mass is 35.5. The molecule has 2 atom stereocenters. The van der Waals surface area contributed by atoms with Crippen LogP contribution in [-0.2, 0) is 20.9 Å². The Hall–Kier alpha value is -3.66. The topological polar surface area (TPSA) is 106 Å². The van der Waals surface area contributed by atoms with Crippen molar-refractivity contribution in [2.24, 2.45) is 23.2 Å². The first kappa shape index (κ1) is 29.4. The minimum absolute atomic E-state index is 0.0976. The fourth-order valence-electron chi connectivity index (χ4n) is 6.53. The highest BCUT2D eigenvalue weighted by Crippen LogP contribution is 2.63. The molecule has 228 valence electrons. The zero-order valence-electron chi connectivity index (χ0n) is 25.5. The molecule has 3 amide bonds. The van der Waals surface area contributed by atoms with E-state index in [0.717, 1.165) is 35.0 Å². The van der Waals surface area contributed by atoms with Crippen LogP contribution in [0.5, 0.6) is 5.75 Å². The highest BCUT2D eigenvalue weighted by Gasteiger charge is 2.72. The van der Waals surface area contributed by atoms with Gasteiger partial charge in [-0.15, -0.1) is 0 Å². The molecule has 2 aromatic heterocycles. The second-order valence-electron chi connectivity index (χ2n) is 13.6. The number of hydrogen-bond donors (Lipinski definition) is 0. The van der Waals surface area contributed by atoms with Crippen LogP contribution < -0.4 is 4.74 Å². The second kappa shape index (κ2) is 10.5. The van der Waals surface area contributed by atoms with E-state index in [1.807, 2.05) is 65.9 Å². The average molecular weight is 608 g/mol. The van der Waals surface area contributed by atoms with Gasteiger partial charge in [0, 0.05) is 29.9 Å². The molecule has 2 saturated heterocycles. The van der Waals surface area contributed by atoms with Crippen LogP contribution in [0.2, 0.25) is 5.02 Å². The van der Waals surface area contributed by atoms with Crippen molar-refractivity contribution in [2.45, 2.75) is 66.5 Å². The maximum Gasteiger partial charge on any atom is 0.410 e. The molecule has 11 heteroatoms. The first-order valence-electron chi connectivity index (χ1n) is 14.8. The number of aryl methyl sites for hydroxylation is 1. The van der Waals surface area contributed by atoms with Crippen molar-refractivity contribution in [3.05, 3.63) is 46.9 Å². The summed E-state index contributed by atoms with van der Waals surface area (Å²) in [4.78, 5) is 46.1. The lowest BCUT2D eigenvalue weighted by molar-refractivity contribution is -0.143. The minimum Gasteiger partial charge on any atom is -0.492 e. The molecule has 3 fully saturated rings. The predicted octanol–water partition coefficient (Wildman–Crippen LogP) is 5.53. The standard InChI is InChI=1S/C32H38ClN5O5/c1-18-11-21(33)13-22(27(18)42-16-19-7-9-36(10-8-19)30(41)43-31(2,3)4)26-23-12-20(15-38(23)35-17-34-26)14-37-28(39)24-25(29(37)40)32(24,5)6/h11-13,15,17,19,24-25H,7-10,14,16H2,1-6H3. The van der Waals surface area contributed by atoms with Gasteiger partial charge in [-0.1, -0.05) is 25.4 Å². The third-order valence-electron chi connectivity index (χ3n) is 8.92. The average Bonchev–Trinajstić information content (AvgIpc) is 3.16. The lowest BCUT2D eigenvalue weighted by Crippen LogP contribution is -2.42. The van der Waals surface area contributed by atoms with E-state index in [0.29, 0.717) is 36.2 Å². The molecule has 2 unspecified atom stereocenters. The molecule has 6 rings (SSSR count). The molecule has 3 aromatic rings. The summed E-state index contributed by atoms with van der Waals surface area (Å²) in [6.07, 6.45) is 4.65. The zero-order valence-corrected chi connectivity index (χ0v) is 26.3. The number of nitrogens with zero attached hydrogens (tertiary/aromatic N) is 5. The van der Waals surface area contributed by atoms with Crippen molar-refractivity contribution in [3.63, 3.8) is 0 Å². The van der Waals surface area contributed by atoms with Gasteiger partial charge in [-0.05, 0) is 81.2 Å². The van der Waals surface area contributed by atoms with Crippen molar-refractivity contribution in [1.29, 1.82) is 0 Å². The zero-order chi connectivity index (χ0) is 30.8. The van der Waals surface area contributed by atoms with E-state index < -0.39 is 5.60 Å². The van der Waals surface area contributed by atoms with E-state index in [9.17, 15) is 14.4 Å². The third kappa shape index (κ3) is 5.46. The molecule has 1 aliphatic carbocycles. The number of carbonyl (C=O) groups is 3. The number of rotatable bonds is 6. The summed E-state index contributed by atoms with van der Waals surface area (Å²) in [6.45, 7) is 13.4. The monoisotopic (exact) mass is 607 g/mol. The van der Waals surface area contributed by atoms with Crippen molar-refractivity contribution in [3.8, 4) is 17.0 Å². The fraction of sp³-hybridized carbons (Fsp3) is 0.531. The summed E-state index contributed by atoms with van der Waals surface area (Å²) in [6, 6.07) is 5.62. The van der Waals surface area contributed by atoms with Gasteiger partial charge in [0.1, 0.15) is 23.4 Å². The predicted molar refractivity (Wildman–Crippen MR) is 161 cm³/mol. The van der Waals surface area contributed by atoms with E-state index in [1.54, 1.807) is 9.42 Å². The van der Waals surface area contributed by atoms with Crippen molar-refractivity contribution >= 4 is 35.0 Å². The van der Waals surface area contributed by atoms with Gasteiger partial charge in [0.15, 0.2) is 0 Å². The van der Waals surface area contributed by atoms with Gasteiger partial charge in [0.2, 0.25) is 11.8 Å². The Morgan fingerprint density at radius 3 is 2.42 bits per heavy atom. The lowest BCUT2D eigenvalue weighted by Gasteiger charge is -2.33. The number of hydrogen-bond acceptors (Lipinski definition) is 7. The van der Waals surface area contributed by atoms with Crippen LogP contribution in [-0.4, -0.2) is 67.6 Å². The molecule has 2 aliphatic heterocycles. The summed E-state index contributed by atoms with van der Waals surface area (Å²) < 4.78 is 13.7. The molecule has 1 saturated carbocycles. The first-order chi connectivity index (χ1) is 20.2. The molecule has 1 aromatic carbocycles. The normalized spacial score (nSPS) is 21.8. The van der Waals surface area contributed by atoms with Gasteiger partial charge < -0.3 is 14.4 Å². The van der Waals surface area contributed by atoms with Crippen LogP contribution in [0.1, 0.15) is 58.6 Å². The summed E-state index contributed by atoms with van der Waals surface area (Å²) in [5, 5.41) is 4.95. The molecule has 0 N–H and O–H groups in total. The van der Waals surface area contributed by atoms with Gasteiger partial charge in [-0.3, -0.25) is 14.5 Å². The maximum absolute atomic E-state index is 12.9. The molecule has 0 spiro atoms. The Balaban J connectivity index is 1.19. The van der Waals surface area contributed by atoms with Gasteiger partial charge in [0.05, 0.1) is 30.5 Å². The number of benzene rings is 1. The van der Waals surface area contributed by atoms with E-state index in [1.165, 1.54) is 11.2 Å². The largest absolute Gasteiger partial charge is 0.492 e. The smallest absolute Gasteiger partial charge is 0.410 e. The summed E-state index contributed by atoms with van der Waals surface area (Å²) in [5.41, 5.74) is 3.01. The van der Waals surface area contributed by atoms with Crippen LogP contribution in [0.15, 0.2) is 30.7 Å². The summed E-state index contributed by atoms with van der Waals surface area (Å²) in [5.74, 6) is 0.338. The van der Waals surface area contributed by atoms with E-state index >= 15 is 0 Å². The Kier molecular flexibility index (Phi) is 7.18. The molecule has 0 radical (unpaired) electrons. The van der Waals surface area contributed by atoms with Gasteiger partial charge in [-0.25, -0.2) is 14.3 Å². The Morgan fingerprint density at radius 1 is 1.09 bits per heavy atom. The SMILES string of the molecule is Cc1cc(Cl)cc(-c2ncnn3cc(CN4C(=O)C5C(C4=O)C5(C)C)cc23)c1OCC1CCN(C(=O)OC(C)(C)C)CC1. The van der Waals surface area contributed by atoms with Crippen LogP contribution in [0, 0.1) is 30.1 Å². The van der Waals surface area contributed by atoms with Crippen LogP contribution in [0.4, 0.5) is 4.79 Å². The lowest BCUT2D eigenvalue weighted by atomic mass is 9.98. The molecule has 43 heavy (non-hydrogen) atoms. The number of fused-ring (bicyclic) bond motifs is 2. The molecule has 10 nitrogen and oxygen atoms in total. The maximum atomic E-state index is 12.9. The number of ether oxygens (including phenoxy) is 2. The van der Waals surface area contributed by atoms with Crippen molar-refractivity contribution < 1.29 is 23.9 Å². The van der Waals surface area contributed by atoms with Crippen molar-refractivity contribution in [1.82, 2.24) is 24.4 Å². The van der Waals surface area contributed by atoms with Gasteiger partial charge >= 0.3 is 6.09 Å². The number of likely N-dealkylation sites (tertiary alicyclic amines) is 2. The van der Waals surface area contributed by atoms with Crippen molar-refractivity contribution in [2.75, 3.05) is 19.7 Å². The van der Waals surface area contributed by atoms with Crippen LogP contribution in [0.3, 0.4) is 0 Å². The van der Waals surface area contributed by atoms with E-state index in [2.05, 4.69) is 10.1 Å². The molecular weight excluding hydrogens is 570 g/mol. The quantitative estimate of drug-likeness (QED) is 0.339. The summed E-state index contributed by atoms with van der Waals surface area (Å²) >= 11 is 6.52. The van der Waals surface area contributed by atoms with Gasteiger partial charge in [0.25, 0.3) is 0 Å². The highest BCUT2D eigenvalue weighted by molar-refractivity contribution is 6.31. The number of halogens is 1. The van der Waals surface area contributed by atoms with Crippen LogP contribution >= 0.6 is 11.6 Å². The number of aromatic nitrogens is 3.